The first-order chi connectivity index (χ1) is 8.58. The minimum Gasteiger partial charge on any atom is -0.394 e. The molecule has 0 bridgehead atoms. The number of ether oxygens (including phenoxy) is 1. The van der Waals surface area contributed by atoms with Crippen molar-refractivity contribution in [2.45, 2.75) is 18.4 Å². The average molecular weight is 253 g/mol. The summed E-state index contributed by atoms with van der Waals surface area (Å²) in [4.78, 5) is 24.5. The van der Waals surface area contributed by atoms with Crippen LogP contribution < -0.4 is 11.2 Å². The molecule has 1 aliphatic heterocycles. The number of hydrogen-bond donors (Lipinski definition) is 3. The third kappa shape index (κ3) is 1.95. The number of nitriles is 1. The molecule has 3 N–H and O–H groups in total. The third-order valence-electron chi connectivity index (χ3n) is 2.83. The van der Waals surface area contributed by atoms with Gasteiger partial charge in [-0.15, -0.1) is 0 Å². The van der Waals surface area contributed by atoms with E-state index in [9.17, 15) is 14.7 Å². The molecule has 0 radical (unpaired) electrons. The van der Waals surface area contributed by atoms with Gasteiger partial charge in [0.1, 0.15) is 18.1 Å². The standard InChI is InChI=1S/C10H11N3O5/c11-3-5-6(4-14)18-9(8(5)16)13-2-1-7(15)12-10(13)17/h1-2,5-6,8-9,14,16H,4H2,(H,12,15,17)/t5-,6+,8+,9+/m0/s1. The van der Waals surface area contributed by atoms with Gasteiger partial charge < -0.3 is 14.9 Å². The maximum atomic E-state index is 11.5. The zero-order valence-corrected chi connectivity index (χ0v) is 9.18. The fourth-order valence-electron chi connectivity index (χ4n) is 1.92. The van der Waals surface area contributed by atoms with Gasteiger partial charge in [-0.05, 0) is 0 Å². The van der Waals surface area contributed by atoms with E-state index in [4.69, 9.17) is 15.1 Å². The number of nitrogens with one attached hydrogen (secondary N) is 1. The van der Waals surface area contributed by atoms with Crippen molar-refractivity contribution in [3.8, 4) is 6.07 Å². The van der Waals surface area contributed by atoms with Gasteiger partial charge >= 0.3 is 5.69 Å². The highest BCUT2D eigenvalue weighted by atomic mass is 16.5. The van der Waals surface area contributed by atoms with Gasteiger partial charge in [0.2, 0.25) is 0 Å². The maximum absolute atomic E-state index is 11.5. The molecule has 0 aromatic carbocycles. The molecular weight excluding hydrogens is 242 g/mol. The van der Waals surface area contributed by atoms with Gasteiger partial charge in [-0.25, -0.2) is 4.79 Å². The van der Waals surface area contributed by atoms with Crippen LogP contribution >= 0.6 is 0 Å². The number of aromatic amines is 1. The molecule has 4 atom stereocenters. The van der Waals surface area contributed by atoms with Crippen molar-refractivity contribution in [2.24, 2.45) is 5.92 Å². The monoisotopic (exact) mass is 253 g/mol. The van der Waals surface area contributed by atoms with Crippen LogP contribution in [0.1, 0.15) is 6.23 Å². The summed E-state index contributed by atoms with van der Waals surface area (Å²) >= 11 is 0. The van der Waals surface area contributed by atoms with Crippen molar-refractivity contribution in [1.82, 2.24) is 9.55 Å². The molecule has 0 unspecified atom stereocenters. The molecule has 0 spiro atoms. The molecule has 2 heterocycles. The number of nitrogens with zero attached hydrogens (tertiary/aromatic N) is 2. The van der Waals surface area contributed by atoms with E-state index >= 15 is 0 Å². The Labute approximate surface area is 101 Å². The second-order valence-electron chi connectivity index (χ2n) is 3.91. The summed E-state index contributed by atoms with van der Waals surface area (Å²) in [6.07, 6.45) is -2.05. The molecule has 0 amide bonds. The minimum atomic E-state index is -1.25. The Bertz CT molecular complexity index is 586. The van der Waals surface area contributed by atoms with Crippen molar-refractivity contribution in [2.75, 3.05) is 6.61 Å². The van der Waals surface area contributed by atoms with Crippen LogP contribution in [-0.4, -0.2) is 38.6 Å². The largest absolute Gasteiger partial charge is 0.394 e. The molecule has 18 heavy (non-hydrogen) atoms. The first-order valence-corrected chi connectivity index (χ1v) is 5.24. The number of rotatable bonds is 2. The molecule has 1 aromatic heterocycles. The first kappa shape index (κ1) is 12.5. The Morgan fingerprint density at radius 3 is 2.78 bits per heavy atom. The number of aliphatic hydroxyl groups excluding tert-OH is 2. The van der Waals surface area contributed by atoms with Crippen LogP contribution in [0.4, 0.5) is 0 Å². The van der Waals surface area contributed by atoms with Gasteiger partial charge in [-0.1, -0.05) is 0 Å². The summed E-state index contributed by atoms with van der Waals surface area (Å²) in [6.45, 7) is -0.441. The highest BCUT2D eigenvalue weighted by Crippen LogP contribution is 2.32. The fourth-order valence-corrected chi connectivity index (χ4v) is 1.92. The zero-order chi connectivity index (χ0) is 13.3. The van der Waals surface area contributed by atoms with Crippen LogP contribution in [0.2, 0.25) is 0 Å². The van der Waals surface area contributed by atoms with E-state index in [2.05, 4.69) is 0 Å². The summed E-state index contributed by atoms with van der Waals surface area (Å²) in [6, 6.07) is 2.93. The number of H-pyrrole nitrogens is 1. The molecule has 1 aromatic rings. The third-order valence-corrected chi connectivity index (χ3v) is 2.83. The predicted octanol–water partition coefficient (Wildman–Crippen LogP) is -2.07. The zero-order valence-electron chi connectivity index (χ0n) is 9.18. The molecular formula is C10H11N3O5. The minimum absolute atomic E-state index is 0.441. The molecule has 96 valence electrons. The van der Waals surface area contributed by atoms with E-state index in [-0.39, 0.29) is 0 Å². The Kier molecular flexibility index (Phi) is 3.29. The molecule has 2 rings (SSSR count). The lowest BCUT2D eigenvalue weighted by molar-refractivity contribution is -0.0533. The van der Waals surface area contributed by atoms with Crippen molar-refractivity contribution < 1.29 is 14.9 Å². The van der Waals surface area contributed by atoms with Gasteiger partial charge in [-0.2, -0.15) is 5.26 Å². The summed E-state index contributed by atoms with van der Waals surface area (Å²) in [5.74, 6) is -0.932. The summed E-state index contributed by atoms with van der Waals surface area (Å²) in [5, 5.41) is 27.8. The topological polar surface area (TPSA) is 128 Å². The van der Waals surface area contributed by atoms with Gasteiger partial charge in [-0.3, -0.25) is 14.3 Å². The Hall–Kier alpha value is -1.95. The normalized spacial score (nSPS) is 31.2. The summed E-state index contributed by atoms with van der Waals surface area (Å²) in [7, 11) is 0. The Morgan fingerprint density at radius 2 is 2.28 bits per heavy atom. The van der Waals surface area contributed by atoms with Crippen LogP contribution in [0.3, 0.4) is 0 Å². The Balaban J connectivity index is 2.38. The van der Waals surface area contributed by atoms with Crippen LogP contribution in [0, 0.1) is 17.2 Å². The molecule has 1 saturated heterocycles. The van der Waals surface area contributed by atoms with Gasteiger partial charge in [0.15, 0.2) is 6.23 Å². The molecule has 0 saturated carbocycles. The van der Waals surface area contributed by atoms with Crippen molar-refractivity contribution >= 4 is 0 Å². The molecule has 1 aliphatic rings. The van der Waals surface area contributed by atoms with E-state index in [1.165, 1.54) is 6.20 Å². The molecule has 8 nitrogen and oxygen atoms in total. The van der Waals surface area contributed by atoms with E-state index in [1.807, 2.05) is 11.1 Å². The smallest absolute Gasteiger partial charge is 0.330 e. The van der Waals surface area contributed by atoms with E-state index in [1.54, 1.807) is 0 Å². The van der Waals surface area contributed by atoms with Crippen LogP contribution in [0.15, 0.2) is 21.9 Å². The lowest BCUT2D eigenvalue weighted by Gasteiger charge is -2.16. The lowest BCUT2D eigenvalue weighted by atomic mass is 10.0. The van der Waals surface area contributed by atoms with Crippen molar-refractivity contribution in [3.63, 3.8) is 0 Å². The number of aliphatic hydroxyl groups is 2. The quantitative estimate of drug-likeness (QED) is 0.555. The number of hydrogen-bond acceptors (Lipinski definition) is 6. The van der Waals surface area contributed by atoms with Crippen molar-refractivity contribution in [3.05, 3.63) is 33.1 Å². The summed E-state index contributed by atoms with van der Waals surface area (Å²) < 4.78 is 6.23. The van der Waals surface area contributed by atoms with Crippen LogP contribution in [0.5, 0.6) is 0 Å². The Morgan fingerprint density at radius 1 is 1.56 bits per heavy atom. The SMILES string of the molecule is N#C[C@@H]1[C@@H](O)[C@H](n2ccc(=O)[nH]c2=O)O[C@@H]1CO. The van der Waals surface area contributed by atoms with Gasteiger partial charge in [0.05, 0.1) is 12.7 Å². The highest BCUT2D eigenvalue weighted by molar-refractivity contribution is 5.01. The summed E-state index contributed by atoms with van der Waals surface area (Å²) in [5.41, 5.74) is -1.32. The fraction of sp³-hybridized carbons (Fsp3) is 0.500. The molecule has 8 heteroatoms. The number of aromatic nitrogens is 2. The average Bonchev–Trinajstić information content (AvgIpc) is 2.66. The van der Waals surface area contributed by atoms with Crippen LogP contribution in [-0.2, 0) is 4.74 Å². The van der Waals surface area contributed by atoms with Gasteiger partial charge in [0, 0.05) is 12.3 Å². The van der Waals surface area contributed by atoms with E-state index < -0.39 is 42.2 Å². The van der Waals surface area contributed by atoms with Crippen LogP contribution in [0.25, 0.3) is 0 Å². The second kappa shape index (κ2) is 4.73. The van der Waals surface area contributed by atoms with E-state index in [0.717, 1.165) is 10.6 Å². The predicted molar refractivity (Wildman–Crippen MR) is 57.4 cm³/mol. The van der Waals surface area contributed by atoms with E-state index in [0.29, 0.717) is 0 Å². The van der Waals surface area contributed by atoms with Gasteiger partial charge in [0.25, 0.3) is 5.56 Å². The first-order valence-electron chi connectivity index (χ1n) is 5.24. The highest BCUT2D eigenvalue weighted by Gasteiger charge is 2.44. The second-order valence-corrected chi connectivity index (χ2v) is 3.91. The van der Waals surface area contributed by atoms with Crippen molar-refractivity contribution in [1.29, 1.82) is 5.26 Å². The molecule has 1 fully saturated rings. The lowest BCUT2D eigenvalue weighted by Crippen LogP contribution is -2.35. The maximum Gasteiger partial charge on any atom is 0.330 e. The molecule has 0 aliphatic carbocycles.